The van der Waals surface area contributed by atoms with Gasteiger partial charge in [-0.25, -0.2) is 5.01 Å². The first kappa shape index (κ1) is 21.5. The summed E-state index contributed by atoms with van der Waals surface area (Å²) in [7, 11) is 1.96. The van der Waals surface area contributed by atoms with Crippen molar-refractivity contribution < 1.29 is 14.7 Å². The molecule has 0 bridgehead atoms. The molecule has 1 aliphatic carbocycles. The Morgan fingerprint density at radius 1 is 1.00 bits per heavy atom. The number of rotatable bonds is 4. The fourth-order valence-corrected chi connectivity index (χ4v) is 4.54. The zero-order valence-corrected chi connectivity index (χ0v) is 18.7. The zero-order chi connectivity index (χ0) is 23.2. The quantitative estimate of drug-likeness (QED) is 0.656. The van der Waals surface area contributed by atoms with Crippen LogP contribution in [0, 0.1) is 0 Å². The second kappa shape index (κ2) is 8.20. The lowest BCUT2D eigenvalue weighted by Crippen LogP contribution is -2.53. The number of carbonyl (C=O) groups excluding carboxylic acids is 2. The Hall–Kier alpha value is -3.36. The summed E-state index contributed by atoms with van der Waals surface area (Å²) >= 11 is 0. The molecule has 1 atom stereocenters. The lowest BCUT2D eigenvalue weighted by molar-refractivity contribution is -0.143. The summed E-state index contributed by atoms with van der Waals surface area (Å²) < 4.78 is 0. The maximum atomic E-state index is 13.0. The molecule has 172 valence electrons. The molecule has 8 nitrogen and oxygen atoms in total. The molecule has 0 spiro atoms. The molecule has 1 saturated heterocycles. The minimum absolute atomic E-state index is 0.0354. The van der Waals surface area contributed by atoms with E-state index < -0.39 is 5.60 Å². The van der Waals surface area contributed by atoms with Gasteiger partial charge in [0, 0.05) is 38.8 Å². The van der Waals surface area contributed by atoms with Gasteiger partial charge in [0.15, 0.2) is 0 Å². The Bertz CT molecular complexity index is 1100. The summed E-state index contributed by atoms with van der Waals surface area (Å²) in [4.78, 5) is 28.7. The van der Waals surface area contributed by atoms with Crippen molar-refractivity contribution in [3.8, 4) is 11.1 Å². The topological polar surface area (TPSA) is 102 Å². The van der Waals surface area contributed by atoms with Crippen LogP contribution in [0.4, 0.5) is 0 Å². The second-order valence-corrected chi connectivity index (χ2v) is 9.11. The maximum Gasteiger partial charge on any atom is 0.254 e. The highest BCUT2D eigenvalue weighted by molar-refractivity contribution is 5.95. The number of benzene rings is 2. The van der Waals surface area contributed by atoms with Crippen molar-refractivity contribution in [1.29, 1.82) is 0 Å². The molecule has 2 aromatic rings. The third-order valence-corrected chi connectivity index (χ3v) is 6.73. The molecule has 0 radical (unpaired) electrons. The number of likely N-dealkylation sites (N-methyl/N-ethyl adjacent to an activating group) is 1. The molecule has 0 aromatic heterocycles. The van der Waals surface area contributed by atoms with Gasteiger partial charge in [0.1, 0.15) is 11.4 Å². The Morgan fingerprint density at radius 3 is 2.27 bits per heavy atom. The van der Waals surface area contributed by atoms with E-state index in [1.807, 2.05) is 48.5 Å². The van der Waals surface area contributed by atoms with E-state index in [0.717, 1.165) is 16.7 Å². The van der Waals surface area contributed by atoms with Gasteiger partial charge in [0.05, 0.1) is 6.04 Å². The molecule has 2 amide bonds. The van der Waals surface area contributed by atoms with Crippen LogP contribution in [0.2, 0.25) is 0 Å². The van der Waals surface area contributed by atoms with Crippen molar-refractivity contribution in [2.24, 2.45) is 5.73 Å². The molecule has 4 N–H and O–H groups in total. The highest BCUT2D eigenvalue weighted by atomic mass is 16.3. The Balaban J connectivity index is 1.24. The van der Waals surface area contributed by atoms with E-state index >= 15 is 0 Å². The smallest absolute Gasteiger partial charge is 0.254 e. The first-order valence-corrected chi connectivity index (χ1v) is 11.3. The van der Waals surface area contributed by atoms with Gasteiger partial charge in [-0.05, 0) is 53.8 Å². The van der Waals surface area contributed by atoms with Crippen molar-refractivity contribution in [1.82, 2.24) is 20.2 Å². The third kappa shape index (κ3) is 4.19. The van der Waals surface area contributed by atoms with Crippen LogP contribution in [0.25, 0.3) is 11.1 Å². The maximum absolute atomic E-state index is 13.0. The molecule has 2 fully saturated rings. The summed E-state index contributed by atoms with van der Waals surface area (Å²) in [5.74, 6) is 0.412. The molecular formula is C25H29N5O3. The Kier molecular flexibility index (Phi) is 5.34. The monoisotopic (exact) mass is 447 g/mol. The van der Waals surface area contributed by atoms with Crippen LogP contribution in [-0.4, -0.2) is 70.6 Å². The van der Waals surface area contributed by atoms with Crippen molar-refractivity contribution in [2.45, 2.75) is 24.5 Å². The fourth-order valence-electron chi connectivity index (χ4n) is 4.54. The van der Waals surface area contributed by atoms with Gasteiger partial charge >= 0.3 is 0 Å². The summed E-state index contributed by atoms with van der Waals surface area (Å²) in [5.41, 5.74) is 11.7. The van der Waals surface area contributed by atoms with Gasteiger partial charge in [0.2, 0.25) is 0 Å². The summed E-state index contributed by atoms with van der Waals surface area (Å²) in [5, 5.41) is 12.0. The van der Waals surface area contributed by atoms with Crippen LogP contribution in [0.15, 0.2) is 60.4 Å². The van der Waals surface area contributed by atoms with Crippen LogP contribution < -0.4 is 11.2 Å². The predicted octanol–water partition coefficient (Wildman–Crippen LogP) is 1.45. The van der Waals surface area contributed by atoms with Crippen LogP contribution in [0.1, 0.15) is 34.8 Å². The molecule has 2 heterocycles. The summed E-state index contributed by atoms with van der Waals surface area (Å²) in [6, 6.07) is 16.0. The first-order valence-electron chi connectivity index (χ1n) is 11.3. The van der Waals surface area contributed by atoms with Crippen molar-refractivity contribution in [2.75, 3.05) is 33.2 Å². The number of carbonyl (C=O) groups is 2. The molecule has 33 heavy (non-hydrogen) atoms. The molecule has 5 rings (SSSR count). The van der Waals surface area contributed by atoms with E-state index in [2.05, 4.69) is 23.6 Å². The van der Waals surface area contributed by atoms with Gasteiger partial charge in [-0.2, -0.15) is 0 Å². The molecule has 2 aromatic carbocycles. The Morgan fingerprint density at radius 2 is 1.67 bits per heavy atom. The minimum Gasteiger partial charge on any atom is -0.385 e. The number of nitrogens with one attached hydrogen (secondary N) is 1. The van der Waals surface area contributed by atoms with E-state index in [9.17, 15) is 14.7 Å². The number of hydrogen-bond donors (Lipinski definition) is 3. The predicted molar refractivity (Wildman–Crippen MR) is 124 cm³/mol. The average molecular weight is 448 g/mol. The van der Waals surface area contributed by atoms with Gasteiger partial charge < -0.3 is 26.1 Å². The van der Waals surface area contributed by atoms with Crippen LogP contribution in [0.5, 0.6) is 0 Å². The number of aliphatic hydroxyl groups is 1. The van der Waals surface area contributed by atoms with E-state index in [4.69, 9.17) is 5.73 Å². The van der Waals surface area contributed by atoms with Crippen molar-refractivity contribution in [3.63, 3.8) is 0 Å². The third-order valence-electron chi connectivity index (χ3n) is 6.73. The standard InChI is InChI=1S/C25H29N5O3/c1-28-21(16-22(26)27-28)20-4-2-3-19(15-20)17-5-7-18(8-6-17)23(31)29-11-13-30(14-12-29)24(32)25(33)9-10-25/h2-8,15-16,21,27,33H,9-14,26H2,1H3. The number of nitrogens with zero attached hydrogens (tertiary/aromatic N) is 3. The van der Waals surface area contributed by atoms with Crippen molar-refractivity contribution >= 4 is 11.8 Å². The van der Waals surface area contributed by atoms with Gasteiger partial charge in [-0.15, -0.1) is 0 Å². The lowest BCUT2D eigenvalue weighted by Gasteiger charge is -2.35. The molecule has 3 aliphatic rings. The normalized spacial score (nSPS) is 22.0. The molecule has 2 aliphatic heterocycles. The largest absolute Gasteiger partial charge is 0.385 e. The molecular weight excluding hydrogens is 418 g/mol. The van der Waals surface area contributed by atoms with Crippen molar-refractivity contribution in [3.05, 3.63) is 71.6 Å². The highest BCUT2D eigenvalue weighted by Crippen LogP contribution is 2.37. The van der Waals surface area contributed by atoms with E-state index in [1.54, 1.807) is 9.80 Å². The van der Waals surface area contributed by atoms with E-state index in [-0.39, 0.29) is 17.9 Å². The van der Waals surface area contributed by atoms with Crippen LogP contribution in [-0.2, 0) is 4.79 Å². The van der Waals surface area contributed by atoms with Gasteiger partial charge in [0.25, 0.3) is 11.8 Å². The van der Waals surface area contributed by atoms with Crippen LogP contribution in [0.3, 0.4) is 0 Å². The molecule has 1 unspecified atom stereocenters. The summed E-state index contributed by atoms with van der Waals surface area (Å²) in [6.45, 7) is 1.87. The fraction of sp³-hybridized carbons (Fsp3) is 0.360. The Labute approximate surface area is 193 Å². The SMILES string of the molecule is CN1NC(N)=CC1c1cccc(-c2ccc(C(=O)N3CCN(C(=O)C4(O)CC4)CC3)cc2)c1. The minimum atomic E-state index is -1.15. The first-order chi connectivity index (χ1) is 15.8. The van der Waals surface area contributed by atoms with Gasteiger partial charge in [-0.3, -0.25) is 9.59 Å². The summed E-state index contributed by atoms with van der Waals surface area (Å²) in [6.07, 6.45) is 3.07. The molecule has 8 heteroatoms. The lowest BCUT2D eigenvalue weighted by atomic mass is 9.98. The van der Waals surface area contributed by atoms with E-state index in [1.165, 1.54) is 0 Å². The van der Waals surface area contributed by atoms with Gasteiger partial charge in [-0.1, -0.05) is 30.3 Å². The van der Waals surface area contributed by atoms with E-state index in [0.29, 0.717) is 50.4 Å². The number of amides is 2. The number of piperazine rings is 1. The average Bonchev–Trinajstić information content (AvgIpc) is 3.50. The highest BCUT2D eigenvalue weighted by Gasteiger charge is 2.50. The number of nitrogens with two attached hydrogens (primary N) is 1. The second-order valence-electron chi connectivity index (χ2n) is 9.11. The molecule has 1 saturated carbocycles. The zero-order valence-electron chi connectivity index (χ0n) is 18.7. The number of hydrazine groups is 1. The van der Waals surface area contributed by atoms with Crippen LogP contribution >= 0.6 is 0 Å². The number of hydrogen-bond acceptors (Lipinski definition) is 6.